The molecule has 2 N–H and O–H groups in total. The van der Waals surface area contributed by atoms with E-state index in [2.05, 4.69) is 14.9 Å². The Bertz CT molecular complexity index is 581. The molecule has 96 valence electrons. The Morgan fingerprint density at radius 2 is 2.06 bits per heavy atom. The maximum absolute atomic E-state index is 12.0. The number of H-pyrrole nitrogens is 1. The molecule has 0 aliphatic heterocycles. The Balaban J connectivity index is 2.06. The van der Waals surface area contributed by atoms with Gasteiger partial charge in [-0.3, -0.25) is 9.82 Å². The molecule has 7 heteroatoms. The molecule has 0 aliphatic carbocycles. The second-order valence-corrected chi connectivity index (χ2v) is 5.61. The fourth-order valence-corrected chi connectivity index (χ4v) is 2.34. The van der Waals surface area contributed by atoms with Crippen LogP contribution in [-0.4, -0.2) is 30.0 Å². The standard InChI is InChI=1S/C11H14N4O2S/c1-15(9-10-5-3-2-4-6-10)18(16,17)14-11-7-12-13-8-11/h2-8,14H,9H2,1H3,(H,12,13). The average Bonchev–Trinajstić information content (AvgIpc) is 2.82. The van der Waals surface area contributed by atoms with Gasteiger partial charge < -0.3 is 0 Å². The number of nitrogens with zero attached hydrogens (tertiary/aromatic N) is 2. The molecule has 6 nitrogen and oxygen atoms in total. The largest absolute Gasteiger partial charge is 0.301 e. The first-order valence-corrected chi connectivity index (χ1v) is 6.79. The maximum atomic E-state index is 12.0. The summed E-state index contributed by atoms with van der Waals surface area (Å²) >= 11 is 0. The molecule has 0 fully saturated rings. The van der Waals surface area contributed by atoms with Gasteiger partial charge in [-0.15, -0.1) is 0 Å². The molecule has 0 unspecified atom stereocenters. The highest BCUT2D eigenvalue weighted by molar-refractivity contribution is 7.90. The lowest BCUT2D eigenvalue weighted by Crippen LogP contribution is -2.31. The van der Waals surface area contributed by atoms with Crippen LogP contribution in [0.15, 0.2) is 42.7 Å². The maximum Gasteiger partial charge on any atom is 0.301 e. The fourth-order valence-electron chi connectivity index (χ4n) is 1.46. The third kappa shape index (κ3) is 3.08. The van der Waals surface area contributed by atoms with Crippen LogP contribution >= 0.6 is 0 Å². The number of hydrogen-bond acceptors (Lipinski definition) is 3. The molecular weight excluding hydrogens is 252 g/mol. The smallest absolute Gasteiger partial charge is 0.284 e. The lowest BCUT2D eigenvalue weighted by molar-refractivity contribution is 0.471. The van der Waals surface area contributed by atoms with Crippen LogP contribution in [0.5, 0.6) is 0 Å². The van der Waals surface area contributed by atoms with Crippen molar-refractivity contribution in [2.24, 2.45) is 0 Å². The summed E-state index contributed by atoms with van der Waals surface area (Å²) < 4.78 is 27.6. The van der Waals surface area contributed by atoms with Gasteiger partial charge in [-0.25, -0.2) is 0 Å². The molecule has 0 radical (unpaired) electrons. The van der Waals surface area contributed by atoms with Gasteiger partial charge in [0.05, 0.1) is 11.9 Å². The van der Waals surface area contributed by atoms with Crippen molar-refractivity contribution in [1.82, 2.24) is 14.5 Å². The molecule has 0 atom stereocenters. The minimum atomic E-state index is -3.56. The summed E-state index contributed by atoms with van der Waals surface area (Å²) in [7, 11) is -2.03. The molecule has 0 spiro atoms. The van der Waals surface area contributed by atoms with Crippen molar-refractivity contribution >= 4 is 15.9 Å². The Labute approximate surface area is 106 Å². The van der Waals surface area contributed by atoms with Gasteiger partial charge in [-0.1, -0.05) is 30.3 Å². The SMILES string of the molecule is CN(Cc1ccccc1)S(=O)(=O)Nc1cn[nH]c1. The highest BCUT2D eigenvalue weighted by Gasteiger charge is 2.17. The summed E-state index contributed by atoms with van der Waals surface area (Å²) in [4.78, 5) is 0. The number of rotatable bonds is 5. The predicted octanol–water partition coefficient (Wildman–Crippen LogP) is 1.20. The van der Waals surface area contributed by atoms with Crippen LogP contribution < -0.4 is 4.72 Å². The van der Waals surface area contributed by atoms with Crippen LogP contribution in [0.2, 0.25) is 0 Å². The van der Waals surface area contributed by atoms with Crippen LogP contribution in [0.25, 0.3) is 0 Å². The minimum Gasteiger partial charge on any atom is -0.284 e. The lowest BCUT2D eigenvalue weighted by atomic mass is 10.2. The lowest BCUT2D eigenvalue weighted by Gasteiger charge is -2.17. The van der Waals surface area contributed by atoms with Gasteiger partial charge >= 0.3 is 10.2 Å². The van der Waals surface area contributed by atoms with E-state index in [1.807, 2.05) is 30.3 Å². The van der Waals surface area contributed by atoms with E-state index in [1.165, 1.54) is 23.7 Å². The molecule has 1 heterocycles. The van der Waals surface area contributed by atoms with Gasteiger partial charge in [0, 0.05) is 19.8 Å². The molecule has 2 rings (SSSR count). The van der Waals surface area contributed by atoms with Crippen LogP contribution in [0.4, 0.5) is 5.69 Å². The number of aromatic nitrogens is 2. The second kappa shape index (κ2) is 5.19. The molecule has 0 saturated heterocycles. The zero-order chi connectivity index (χ0) is 13.0. The number of benzene rings is 1. The summed E-state index contributed by atoms with van der Waals surface area (Å²) in [5, 5.41) is 6.22. The monoisotopic (exact) mass is 266 g/mol. The highest BCUT2D eigenvalue weighted by Crippen LogP contribution is 2.10. The van der Waals surface area contributed by atoms with Crippen molar-refractivity contribution in [3.8, 4) is 0 Å². The van der Waals surface area contributed by atoms with E-state index >= 15 is 0 Å². The second-order valence-electron chi connectivity index (χ2n) is 3.84. The zero-order valence-electron chi connectivity index (χ0n) is 9.87. The van der Waals surface area contributed by atoms with Gasteiger partial charge in [0.2, 0.25) is 0 Å². The van der Waals surface area contributed by atoms with E-state index in [4.69, 9.17) is 0 Å². The van der Waals surface area contributed by atoms with Crippen molar-refractivity contribution in [3.05, 3.63) is 48.3 Å². The van der Waals surface area contributed by atoms with E-state index in [0.717, 1.165) is 5.56 Å². The van der Waals surface area contributed by atoms with Crippen LogP contribution in [0, 0.1) is 0 Å². The first-order valence-electron chi connectivity index (χ1n) is 5.35. The quantitative estimate of drug-likeness (QED) is 0.853. The first-order chi connectivity index (χ1) is 8.58. The van der Waals surface area contributed by atoms with Crippen LogP contribution in [-0.2, 0) is 16.8 Å². The number of nitrogens with one attached hydrogen (secondary N) is 2. The van der Waals surface area contributed by atoms with Gasteiger partial charge in [0.25, 0.3) is 0 Å². The van der Waals surface area contributed by atoms with Gasteiger partial charge in [-0.05, 0) is 5.56 Å². The first kappa shape index (κ1) is 12.6. The van der Waals surface area contributed by atoms with Gasteiger partial charge in [0.1, 0.15) is 0 Å². The fraction of sp³-hybridized carbons (Fsp3) is 0.182. The van der Waals surface area contributed by atoms with E-state index in [1.54, 1.807) is 0 Å². The Hall–Kier alpha value is -1.86. The third-order valence-electron chi connectivity index (χ3n) is 2.40. The Kier molecular flexibility index (Phi) is 3.63. The molecule has 1 aromatic heterocycles. The molecule has 1 aromatic carbocycles. The normalized spacial score (nSPS) is 11.7. The molecular formula is C11H14N4O2S. The van der Waals surface area contributed by atoms with E-state index in [-0.39, 0.29) is 0 Å². The van der Waals surface area contributed by atoms with Gasteiger partial charge in [-0.2, -0.15) is 17.8 Å². The van der Waals surface area contributed by atoms with E-state index in [9.17, 15) is 8.42 Å². The molecule has 2 aromatic rings. The summed E-state index contributed by atoms with van der Waals surface area (Å²) in [6, 6.07) is 9.40. The third-order valence-corrected chi connectivity index (χ3v) is 3.85. The summed E-state index contributed by atoms with van der Waals surface area (Å²) in [5.74, 6) is 0. The molecule has 0 aliphatic rings. The summed E-state index contributed by atoms with van der Waals surface area (Å²) in [6.45, 7) is 0.314. The number of hydrogen-bond donors (Lipinski definition) is 2. The topological polar surface area (TPSA) is 78.1 Å². The number of aromatic amines is 1. The molecule has 18 heavy (non-hydrogen) atoms. The predicted molar refractivity (Wildman–Crippen MR) is 69.0 cm³/mol. The van der Waals surface area contributed by atoms with E-state index < -0.39 is 10.2 Å². The summed E-state index contributed by atoms with van der Waals surface area (Å²) in [6.07, 6.45) is 2.89. The molecule has 0 amide bonds. The van der Waals surface area contributed by atoms with E-state index in [0.29, 0.717) is 12.2 Å². The van der Waals surface area contributed by atoms with Crippen LogP contribution in [0.1, 0.15) is 5.56 Å². The van der Waals surface area contributed by atoms with Crippen molar-refractivity contribution in [1.29, 1.82) is 0 Å². The zero-order valence-corrected chi connectivity index (χ0v) is 10.7. The van der Waals surface area contributed by atoms with Crippen molar-refractivity contribution in [2.75, 3.05) is 11.8 Å². The van der Waals surface area contributed by atoms with Crippen molar-refractivity contribution in [3.63, 3.8) is 0 Å². The van der Waals surface area contributed by atoms with Crippen molar-refractivity contribution in [2.45, 2.75) is 6.54 Å². The van der Waals surface area contributed by atoms with Gasteiger partial charge in [0.15, 0.2) is 0 Å². The van der Waals surface area contributed by atoms with Crippen LogP contribution in [0.3, 0.4) is 0 Å². The Morgan fingerprint density at radius 3 is 2.67 bits per heavy atom. The molecule has 0 saturated carbocycles. The highest BCUT2D eigenvalue weighted by atomic mass is 32.2. The molecule has 0 bridgehead atoms. The average molecular weight is 266 g/mol. The Morgan fingerprint density at radius 1 is 1.33 bits per heavy atom. The number of anilines is 1. The minimum absolute atomic E-state index is 0.314. The summed E-state index contributed by atoms with van der Waals surface area (Å²) in [5.41, 5.74) is 1.34. The van der Waals surface area contributed by atoms with Crippen molar-refractivity contribution < 1.29 is 8.42 Å².